The predicted octanol–water partition coefficient (Wildman–Crippen LogP) is 2.38. The van der Waals surface area contributed by atoms with Gasteiger partial charge in [-0.3, -0.25) is 4.90 Å². The number of anilines is 1. The van der Waals surface area contributed by atoms with E-state index in [0.29, 0.717) is 0 Å². The molecule has 0 amide bonds. The highest BCUT2D eigenvalue weighted by molar-refractivity contribution is 7.99. The van der Waals surface area contributed by atoms with Crippen LogP contribution in [0.1, 0.15) is 18.1 Å². The highest BCUT2D eigenvalue weighted by atomic mass is 32.2. The van der Waals surface area contributed by atoms with Gasteiger partial charge in [0.1, 0.15) is 0 Å². The third-order valence-corrected chi connectivity index (χ3v) is 3.96. The first kappa shape index (κ1) is 11.8. The molecule has 1 heterocycles. The first-order chi connectivity index (χ1) is 7.79. The van der Waals surface area contributed by atoms with Gasteiger partial charge >= 0.3 is 0 Å². The Morgan fingerprint density at radius 1 is 1.38 bits per heavy atom. The Bertz CT molecular complexity index is 352. The van der Waals surface area contributed by atoms with E-state index in [0.717, 1.165) is 12.2 Å². The fourth-order valence-corrected chi connectivity index (χ4v) is 2.84. The van der Waals surface area contributed by atoms with Gasteiger partial charge in [-0.2, -0.15) is 11.8 Å². The first-order valence-corrected chi connectivity index (χ1v) is 7.12. The fourth-order valence-electron chi connectivity index (χ4n) is 2.16. The van der Waals surface area contributed by atoms with Crippen LogP contribution in [0.25, 0.3) is 0 Å². The molecule has 0 saturated heterocycles. The lowest BCUT2D eigenvalue weighted by atomic mass is 9.99. The van der Waals surface area contributed by atoms with Crippen molar-refractivity contribution in [2.24, 2.45) is 0 Å². The molecule has 0 aromatic heterocycles. The van der Waals surface area contributed by atoms with Crippen molar-refractivity contribution < 1.29 is 0 Å². The zero-order valence-electron chi connectivity index (χ0n) is 9.91. The molecule has 88 valence electrons. The third kappa shape index (κ3) is 2.92. The van der Waals surface area contributed by atoms with Crippen molar-refractivity contribution in [3.63, 3.8) is 0 Å². The maximum absolute atomic E-state index is 5.83. The van der Waals surface area contributed by atoms with E-state index in [-0.39, 0.29) is 0 Å². The minimum Gasteiger partial charge on any atom is -0.399 e. The van der Waals surface area contributed by atoms with E-state index < -0.39 is 0 Å². The highest BCUT2D eigenvalue weighted by Gasteiger charge is 2.15. The highest BCUT2D eigenvalue weighted by Crippen LogP contribution is 2.21. The second-order valence-electron chi connectivity index (χ2n) is 4.25. The Morgan fingerprint density at radius 3 is 3.06 bits per heavy atom. The second kappa shape index (κ2) is 5.60. The zero-order valence-corrected chi connectivity index (χ0v) is 10.7. The van der Waals surface area contributed by atoms with Gasteiger partial charge in [-0.25, -0.2) is 0 Å². The molecule has 1 aromatic carbocycles. The van der Waals surface area contributed by atoms with E-state index in [1.54, 1.807) is 0 Å². The average molecular weight is 236 g/mol. The van der Waals surface area contributed by atoms with Gasteiger partial charge in [0, 0.05) is 31.1 Å². The summed E-state index contributed by atoms with van der Waals surface area (Å²) < 4.78 is 0. The zero-order chi connectivity index (χ0) is 11.4. The molecule has 0 atom stereocenters. The van der Waals surface area contributed by atoms with Gasteiger partial charge in [0.15, 0.2) is 0 Å². The van der Waals surface area contributed by atoms with E-state index in [1.165, 1.54) is 42.1 Å². The molecule has 2 rings (SSSR count). The molecule has 0 fully saturated rings. The van der Waals surface area contributed by atoms with Crippen LogP contribution in [-0.4, -0.2) is 29.5 Å². The quantitative estimate of drug-likeness (QED) is 0.643. The number of rotatable bonds is 4. The van der Waals surface area contributed by atoms with Crippen LogP contribution in [0.2, 0.25) is 0 Å². The van der Waals surface area contributed by atoms with Crippen LogP contribution < -0.4 is 5.73 Å². The molecule has 0 unspecified atom stereocenters. The van der Waals surface area contributed by atoms with Crippen molar-refractivity contribution in [1.82, 2.24) is 4.90 Å². The molecular formula is C13H20N2S. The van der Waals surface area contributed by atoms with Crippen LogP contribution in [0, 0.1) is 0 Å². The van der Waals surface area contributed by atoms with E-state index in [1.807, 2.05) is 17.8 Å². The number of thioether (sulfide) groups is 1. The normalized spacial score (nSPS) is 16.1. The lowest BCUT2D eigenvalue weighted by Crippen LogP contribution is -2.32. The van der Waals surface area contributed by atoms with Crippen LogP contribution in [0.5, 0.6) is 0 Å². The van der Waals surface area contributed by atoms with Crippen LogP contribution in [0.15, 0.2) is 18.2 Å². The smallest absolute Gasteiger partial charge is 0.0317 e. The van der Waals surface area contributed by atoms with E-state index in [4.69, 9.17) is 5.73 Å². The summed E-state index contributed by atoms with van der Waals surface area (Å²) in [6, 6.07) is 6.33. The van der Waals surface area contributed by atoms with Gasteiger partial charge < -0.3 is 5.73 Å². The number of fused-ring (bicyclic) bond motifs is 1. The molecule has 2 nitrogen and oxygen atoms in total. The Balaban J connectivity index is 1.94. The summed E-state index contributed by atoms with van der Waals surface area (Å²) in [6.45, 7) is 5.69. The summed E-state index contributed by atoms with van der Waals surface area (Å²) in [5.41, 5.74) is 9.62. The minimum atomic E-state index is 0.892. The first-order valence-electron chi connectivity index (χ1n) is 5.97. The Hall–Kier alpha value is -0.670. The Kier molecular flexibility index (Phi) is 4.13. The van der Waals surface area contributed by atoms with Crippen LogP contribution >= 0.6 is 11.8 Å². The van der Waals surface area contributed by atoms with E-state index >= 15 is 0 Å². The van der Waals surface area contributed by atoms with Crippen LogP contribution in [0.3, 0.4) is 0 Å². The van der Waals surface area contributed by atoms with Gasteiger partial charge in [-0.15, -0.1) is 0 Å². The van der Waals surface area contributed by atoms with E-state index in [9.17, 15) is 0 Å². The number of nitrogens with two attached hydrogens (primary N) is 1. The molecule has 0 radical (unpaired) electrons. The molecule has 0 aliphatic carbocycles. The number of hydrogen-bond acceptors (Lipinski definition) is 3. The molecule has 3 heteroatoms. The summed E-state index contributed by atoms with van der Waals surface area (Å²) in [5.74, 6) is 2.46. The predicted molar refractivity (Wildman–Crippen MR) is 72.8 cm³/mol. The number of hydrogen-bond donors (Lipinski definition) is 1. The monoisotopic (exact) mass is 236 g/mol. The van der Waals surface area contributed by atoms with Gasteiger partial charge in [0.25, 0.3) is 0 Å². The lowest BCUT2D eigenvalue weighted by Gasteiger charge is -2.28. The second-order valence-corrected chi connectivity index (χ2v) is 5.65. The maximum Gasteiger partial charge on any atom is 0.0317 e. The van der Waals surface area contributed by atoms with Crippen LogP contribution in [-0.2, 0) is 13.0 Å². The van der Waals surface area contributed by atoms with Gasteiger partial charge in [0.2, 0.25) is 0 Å². The molecule has 0 spiro atoms. The number of nitrogens with zero attached hydrogens (tertiary/aromatic N) is 1. The molecule has 0 saturated carbocycles. The molecule has 1 aliphatic rings. The van der Waals surface area contributed by atoms with Crippen molar-refractivity contribution in [3.8, 4) is 0 Å². The van der Waals surface area contributed by atoms with Crippen molar-refractivity contribution >= 4 is 17.4 Å². The largest absolute Gasteiger partial charge is 0.399 e. The molecule has 1 aromatic rings. The molecule has 1 aliphatic heterocycles. The summed E-state index contributed by atoms with van der Waals surface area (Å²) in [4.78, 5) is 2.53. The SMILES string of the molecule is CCSCCN1CCc2ccc(N)cc2C1. The number of benzene rings is 1. The molecular weight excluding hydrogens is 216 g/mol. The van der Waals surface area contributed by atoms with Crippen LogP contribution in [0.4, 0.5) is 5.69 Å². The van der Waals surface area contributed by atoms with Crippen molar-refractivity contribution in [3.05, 3.63) is 29.3 Å². The summed E-state index contributed by atoms with van der Waals surface area (Å²) >= 11 is 2.02. The molecule has 0 bridgehead atoms. The maximum atomic E-state index is 5.83. The number of nitrogen functional groups attached to an aromatic ring is 1. The standard InChI is InChI=1S/C13H20N2S/c1-2-16-8-7-15-6-5-11-3-4-13(14)9-12(11)10-15/h3-4,9H,2,5-8,10,14H2,1H3. The Morgan fingerprint density at radius 2 is 2.25 bits per heavy atom. The third-order valence-electron chi connectivity index (χ3n) is 3.08. The molecule has 2 N–H and O–H groups in total. The fraction of sp³-hybridized carbons (Fsp3) is 0.538. The van der Waals surface area contributed by atoms with Crippen molar-refractivity contribution in [2.75, 3.05) is 30.3 Å². The Labute approximate surface area is 102 Å². The topological polar surface area (TPSA) is 29.3 Å². The summed E-state index contributed by atoms with van der Waals surface area (Å²) in [5, 5.41) is 0. The van der Waals surface area contributed by atoms with E-state index in [2.05, 4.69) is 24.0 Å². The summed E-state index contributed by atoms with van der Waals surface area (Å²) in [6.07, 6.45) is 1.17. The van der Waals surface area contributed by atoms with Gasteiger partial charge in [-0.1, -0.05) is 13.0 Å². The van der Waals surface area contributed by atoms with Gasteiger partial charge in [0.05, 0.1) is 0 Å². The molecule has 16 heavy (non-hydrogen) atoms. The van der Waals surface area contributed by atoms with Crippen molar-refractivity contribution in [2.45, 2.75) is 19.9 Å². The minimum absolute atomic E-state index is 0.892. The average Bonchev–Trinajstić information content (AvgIpc) is 2.29. The summed E-state index contributed by atoms with van der Waals surface area (Å²) in [7, 11) is 0. The van der Waals surface area contributed by atoms with Gasteiger partial charge in [-0.05, 0) is 35.4 Å². The van der Waals surface area contributed by atoms with Crippen molar-refractivity contribution in [1.29, 1.82) is 0 Å². The lowest BCUT2D eigenvalue weighted by molar-refractivity contribution is 0.270.